The van der Waals surface area contributed by atoms with Crippen LogP contribution in [0.5, 0.6) is 0 Å². The predicted molar refractivity (Wildman–Crippen MR) is 76.2 cm³/mol. The highest BCUT2D eigenvalue weighted by molar-refractivity contribution is 7.99. The fourth-order valence-corrected chi connectivity index (χ4v) is 1.66. The Labute approximate surface area is 106 Å². The molecule has 0 aliphatic heterocycles. The molecule has 0 saturated heterocycles. The van der Waals surface area contributed by atoms with Gasteiger partial charge in [0.2, 0.25) is 0 Å². The Hall–Kier alpha value is -0.810. The number of aromatic nitrogens is 1. The zero-order valence-corrected chi connectivity index (χ0v) is 11.2. The van der Waals surface area contributed by atoms with Crippen molar-refractivity contribution in [2.75, 3.05) is 18.1 Å². The van der Waals surface area contributed by atoms with Crippen molar-refractivity contribution in [2.24, 2.45) is 5.73 Å². The third-order valence-electron chi connectivity index (χ3n) is 2.26. The van der Waals surface area contributed by atoms with Crippen LogP contribution < -0.4 is 11.1 Å². The number of pyridine rings is 1. The molecule has 0 amide bonds. The Balaban J connectivity index is 2.48. The first-order valence-electron chi connectivity index (χ1n) is 5.17. The predicted octanol–water partition coefficient (Wildman–Crippen LogP) is 2.27. The van der Waals surface area contributed by atoms with Crippen molar-refractivity contribution in [3.05, 3.63) is 23.9 Å². The van der Waals surface area contributed by atoms with E-state index < -0.39 is 0 Å². The number of thioether (sulfide) groups is 1. The Bertz CT molecular complexity index is 355. The van der Waals surface area contributed by atoms with E-state index in [0.717, 1.165) is 18.8 Å². The molecule has 0 aliphatic carbocycles. The van der Waals surface area contributed by atoms with Gasteiger partial charge in [-0.2, -0.15) is 11.8 Å². The van der Waals surface area contributed by atoms with Gasteiger partial charge in [0.05, 0.1) is 5.69 Å². The maximum atomic E-state index is 5.52. The fourth-order valence-electron chi connectivity index (χ4n) is 1.19. The molecule has 3 nitrogen and oxygen atoms in total. The number of nitrogens with two attached hydrogens (primary N) is 1. The lowest BCUT2D eigenvalue weighted by Gasteiger charge is -2.10. The molecule has 0 aromatic carbocycles. The summed E-state index contributed by atoms with van der Waals surface area (Å²) < 4.78 is 0. The van der Waals surface area contributed by atoms with Crippen LogP contribution in [0, 0.1) is 0 Å². The second-order valence-electron chi connectivity index (χ2n) is 3.53. The molecule has 1 aromatic heterocycles. The first-order valence-corrected chi connectivity index (χ1v) is 6.86. The van der Waals surface area contributed by atoms with E-state index in [-0.39, 0.29) is 0 Å². The molecular formula is C11H17N3S2. The van der Waals surface area contributed by atoms with Gasteiger partial charge in [-0.25, -0.2) is 4.98 Å². The van der Waals surface area contributed by atoms with Gasteiger partial charge >= 0.3 is 0 Å². The lowest BCUT2D eigenvalue weighted by molar-refractivity contribution is 0.850. The molecular weight excluding hydrogens is 238 g/mol. The highest BCUT2D eigenvalue weighted by Crippen LogP contribution is 2.10. The van der Waals surface area contributed by atoms with E-state index >= 15 is 0 Å². The van der Waals surface area contributed by atoms with Gasteiger partial charge in [-0.05, 0) is 24.8 Å². The largest absolute Gasteiger partial charge is 0.388 e. The second-order valence-corrected chi connectivity index (χ2v) is 5.25. The van der Waals surface area contributed by atoms with Crippen molar-refractivity contribution in [1.29, 1.82) is 0 Å². The van der Waals surface area contributed by atoms with E-state index in [1.807, 2.05) is 30.0 Å². The maximum absolute atomic E-state index is 5.52. The number of nitrogens with zero attached hydrogens (tertiary/aromatic N) is 1. The minimum absolute atomic E-state index is 0.334. The first-order chi connectivity index (χ1) is 7.63. The second kappa shape index (κ2) is 6.70. The monoisotopic (exact) mass is 255 g/mol. The average molecular weight is 255 g/mol. The molecule has 1 aromatic rings. The van der Waals surface area contributed by atoms with E-state index in [1.54, 1.807) is 0 Å². The molecule has 16 heavy (non-hydrogen) atoms. The van der Waals surface area contributed by atoms with Gasteiger partial charge in [-0.3, -0.25) is 0 Å². The standard InChI is InChI=1S/C11H17N3S2/c1-8(16-2)6-7-13-10-5-3-4-9(14-10)11(12)15/h3-5,8H,6-7H2,1-2H3,(H2,12,15)(H,13,14). The number of rotatable bonds is 6. The number of hydrogen-bond acceptors (Lipinski definition) is 4. The van der Waals surface area contributed by atoms with Crippen LogP contribution in [-0.2, 0) is 0 Å². The molecule has 0 radical (unpaired) electrons. The highest BCUT2D eigenvalue weighted by atomic mass is 32.2. The summed E-state index contributed by atoms with van der Waals surface area (Å²) in [5.41, 5.74) is 6.18. The average Bonchev–Trinajstić information content (AvgIpc) is 2.29. The summed E-state index contributed by atoms with van der Waals surface area (Å²) in [7, 11) is 0. The first kappa shape index (κ1) is 13.3. The summed E-state index contributed by atoms with van der Waals surface area (Å²) in [5.74, 6) is 0.832. The summed E-state index contributed by atoms with van der Waals surface area (Å²) in [6, 6.07) is 5.64. The molecule has 1 unspecified atom stereocenters. The Morgan fingerprint density at radius 1 is 1.62 bits per heavy atom. The van der Waals surface area contributed by atoms with Gasteiger partial charge in [0.1, 0.15) is 10.8 Å². The molecule has 0 aliphatic rings. The van der Waals surface area contributed by atoms with Crippen LogP contribution in [0.2, 0.25) is 0 Å². The van der Waals surface area contributed by atoms with E-state index in [2.05, 4.69) is 23.5 Å². The fraction of sp³-hybridized carbons (Fsp3) is 0.455. The molecule has 88 valence electrons. The van der Waals surface area contributed by atoms with Crippen LogP contribution in [0.15, 0.2) is 18.2 Å². The molecule has 0 saturated carbocycles. The maximum Gasteiger partial charge on any atom is 0.126 e. The molecule has 1 rings (SSSR count). The van der Waals surface area contributed by atoms with Crippen LogP contribution in [0.4, 0.5) is 5.82 Å². The van der Waals surface area contributed by atoms with Gasteiger partial charge in [-0.15, -0.1) is 0 Å². The van der Waals surface area contributed by atoms with Gasteiger partial charge < -0.3 is 11.1 Å². The van der Waals surface area contributed by atoms with Crippen LogP contribution in [0.1, 0.15) is 19.0 Å². The van der Waals surface area contributed by atoms with E-state index in [4.69, 9.17) is 18.0 Å². The van der Waals surface area contributed by atoms with Crippen LogP contribution in [0.25, 0.3) is 0 Å². The van der Waals surface area contributed by atoms with Crippen LogP contribution in [-0.4, -0.2) is 28.0 Å². The minimum Gasteiger partial charge on any atom is -0.388 e. The third kappa shape index (κ3) is 4.37. The molecule has 1 heterocycles. The zero-order chi connectivity index (χ0) is 12.0. The molecule has 0 bridgehead atoms. The summed E-state index contributed by atoms with van der Waals surface area (Å²) in [6.45, 7) is 3.13. The topological polar surface area (TPSA) is 50.9 Å². The number of nitrogens with one attached hydrogen (secondary N) is 1. The van der Waals surface area contributed by atoms with Gasteiger partial charge in [0, 0.05) is 11.8 Å². The van der Waals surface area contributed by atoms with Crippen molar-refractivity contribution in [1.82, 2.24) is 4.98 Å². The summed E-state index contributed by atoms with van der Waals surface area (Å²) in [6.07, 6.45) is 3.23. The Morgan fingerprint density at radius 3 is 3.00 bits per heavy atom. The van der Waals surface area contributed by atoms with Crippen molar-refractivity contribution < 1.29 is 0 Å². The van der Waals surface area contributed by atoms with Crippen molar-refractivity contribution >= 4 is 34.8 Å². The SMILES string of the molecule is CSC(C)CCNc1cccc(C(N)=S)n1. The highest BCUT2D eigenvalue weighted by Gasteiger charge is 2.01. The molecule has 1 atom stereocenters. The van der Waals surface area contributed by atoms with E-state index in [1.165, 1.54) is 0 Å². The van der Waals surface area contributed by atoms with Gasteiger partial charge in [0.25, 0.3) is 0 Å². The quantitative estimate of drug-likeness (QED) is 0.764. The molecule has 0 fully saturated rings. The minimum atomic E-state index is 0.334. The third-order valence-corrected chi connectivity index (χ3v) is 3.51. The lowest BCUT2D eigenvalue weighted by Crippen LogP contribution is -2.14. The van der Waals surface area contributed by atoms with Crippen molar-refractivity contribution in [3.8, 4) is 0 Å². The van der Waals surface area contributed by atoms with E-state index in [0.29, 0.717) is 15.9 Å². The molecule has 5 heteroatoms. The molecule has 0 spiro atoms. The van der Waals surface area contributed by atoms with Crippen molar-refractivity contribution in [2.45, 2.75) is 18.6 Å². The summed E-state index contributed by atoms with van der Waals surface area (Å²) >= 11 is 6.75. The van der Waals surface area contributed by atoms with Crippen LogP contribution >= 0.6 is 24.0 Å². The summed E-state index contributed by atoms with van der Waals surface area (Å²) in [4.78, 5) is 4.65. The van der Waals surface area contributed by atoms with Gasteiger partial charge in [0.15, 0.2) is 0 Å². The number of anilines is 1. The molecule has 3 N–H and O–H groups in total. The Morgan fingerprint density at radius 2 is 2.38 bits per heavy atom. The normalized spacial score (nSPS) is 12.1. The number of thiocarbonyl (C=S) groups is 1. The van der Waals surface area contributed by atoms with E-state index in [9.17, 15) is 0 Å². The summed E-state index contributed by atoms with van der Waals surface area (Å²) in [5, 5.41) is 3.92. The van der Waals surface area contributed by atoms with Crippen molar-refractivity contribution in [3.63, 3.8) is 0 Å². The van der Waals surface area contributed by atoms with Gasteiger partial charge in [-0.1, -0.05) is 25.2 Å². The number of hydrogen-bond donors (Lipinski definition) is 2. The van der Waals surface area contributed by atoms with Crippen LogP contribution in [0.3, 0.4) is 0 Å². The smallest absolute Gasteiger partial charge is 0.126 e. The Kier molecular flexibility index (Phi) is 5.55. The lowest BCUT2D eigenvalue weighted by atomic mass is 10.3. The zero-order valence-electron chi connectivity index (χ0n) is 9.56.